The second kappa shape index (κ2) is 8.64. The van der Waals surface area contributed by atoms with Gasteiger partial charge in [0.05, 0.1) is 26.0 Å². The first-order valence-corrected chi connectivity index (χ1v) is 7.52. The fourth-order valence-corrected chi connectivity index (χ4v) is 2.94. The topological polar surface area (TPSA) is 87.9 Å². The van der Waals surface area contributed by atoms with Crippen molar-refractivity contribution in [2.75, 3.05) is 26.0 Å². The quantitative estimate of drug-likeness (QED) is 0.503. The molecule has 0 aromatic carbocycles. The first kappa shape index (κ1) is 16.6. The van der Waals surface area contributed by atoms with Crippen molar-refractivity contribution in [2.45, 2.75) is 33.2 Å². The first-order chi connectivity index (χ1) is 7.99. The van der Waals surface area contributed by atoms with Crippen LogP contribution >= 0.6 is 7.60 Å². The maximum Gasteiger partial charge on any atom is 0.330 e. The SMILES string of the molecule is CCOC(=O)C(N)CCP(=O)(OCC)OCC. The molecule has 0 aliphatic rings. The summed E-state index contributed by atoms with van der Waals surface area (Å²) in [5, 5.41) is 0. The number of nitrogens with two attached hydrogens (primary N) is 1. The summed E-state index contributed by atoms with van der Waals surface area (Å²) in [6, 6.07) is -0.788. The van der Waals surface area contributed by atoms with E-state index in [9.17, 15) is 9.36 Å². The van der Waals surface area contributed by atoms with Crippen molar-refractivity contribution in [3.05, 3.63) is 0 Å². The van der Waals surface area contributed by atoms with Gasteiger partial charge in [-0.3, -0.25) is 9.36 Å². The molecule has 0 saturated heterocycles. The van der Waals surface area contributed by atoms with Crippen LogP contribution < -0.4 is 5.73 Å². The Morgan fingerprint density at radius 2 is 1.71 bits per heavy atom. The highest BCUT2D eigenvalue weighted by Crippen LogP contribution is 2.48. The van der Waals surface area contributed by atoms with E-state index in [-0.39, 0.29) is 19.2 Å². The number of carbonyl (C=O) groups excluding carboxylic acids is 1. The van der Waals surface area contributed by atoms with Gasteiger partial charge in [-0.25, -0.2) is 0 Å². The third kappa shape index (κ3) is 6.78. The molecule has 7 heteroatoms. The lowest BCUT2D eigenvalue weighted by Crippen LogP contribution is -2.33. The van der Waals surface area contributed by atoms with Crippen LogP contribution in [0.1, 0.15) is 27.2 Å². The summed E-state index contributed by atoms with van der Waals surface area (Å²) in [5.74, 6) is -0.493. The molecular formula is C10H22NO5P. The highest BCUT2D eigenvalue weighted by molar-refractivity contribution is 7.53. The van der Waals surface area contributed by atoms with Crippen LogP contribution in [0, 0.1) is 0 Å². The van der Waals surface area contributed by atoms with E-state index in [4.69, 9.17) is 19.5 Å². The molecule has 0 aromatic rings. The Hall–Kier alpha value is -0.420. The van der Waals surface area contributed by atoms with Crippen molar-refractivity contribution in [2.24, 2.45) is 5.73 Å². The molecule has 102 valence electrons. The molecular weight excluding hydrogens is 245 g/mol. The molecule has 0 rings (SSSR count). The third-order valence-corrected chi connectivity index (χ3v) is 4.06. The summed E-state index contributed by atoms with van der Waals surface area (Å²) in [7, 11) is -3.12. The van der Waals surface area contributed by atoms with Crippen molar-refractivity contribution in [1.82, 2.24) is 0 Å². The third-order valence-electron chi connectivity index (χ3n) is 1.95. The normalized spacial score (nSPS) is 13.4. The van der Waals surface area contributed by atoms with Gasteiger partial charge >= 0.3 is 13.6 Å². The van der Waals surface area contributed by atoms with E-state index in [0.29, 0.717) is 13.2 Å². The van der Waals surface area contributed by atoms with Gasteiger partial charge in [0.15, 0.2) is 0 Å². The highest BCUT2D eigenvalue weighted by Gasteiger charge is 2.26. The van der Waals surface area contributed by atoms with Gasteiger partial charge in [0.25, 0.3) is 0 Å². The Morgan fingerprint density at radius 3 is 2.12 bits per heavy atom. The van der Waals surface area contributed by atoms with Crippen LogP contribution in [0.15, 0.2) is 0 Å². The van der Waals surface area contributed by atoms with Crippen molar-refractivity contribution in [1.29, 1.82) is 0 Å². The van der Waals surface area contributed by atoms with Crippen molar-refractivity contribution in [3.8, 4) is 0 Å². The largest absolute Gasteiger partial charge is 0.465 e. The summed E-state index contributed by atoms with van der Waals surface area (Å²) < 4.78 is 27.0. The van der Waals surface area contributed by atoms with Gasteiger partial charge < -0.3 is 19.5 Å². The smallest absolute Gasteiger partial charge is 0.330 e. The predicted molar refractivity (Wildman–Crippen MR) is 65.0 cm³/mol. The van der Waals surface area contributed by atoms with Crippen LogP contribution in [-0.2, 0) is 23.1 Å². The van der Waals surface area contributed by atoms with Crippen molar-refractivity contribution < 1.29 is 23.1 Å². The minimum absolute atomic E-state index is 0.120. The maximum absolute atomic E-state index is 12.0. The van der Waals surface area contributed by atoms with Crippen LogP contribution in [0.5, 0.6) is 0 Å². The summed E-state index contributed by atoms with van der Waals surface area (Å²) in [6.45, 7) is 6.04. The molecule has 17 heavy (non-hydrogen) atoms. The summed E-state index contributed by atoms with van der Waals surface area (Å²) in [4.78, 5) is 11.3. The zero-order chi connectivity index (χ0) is 13.3. The Morgan fingerprint density at radius 1 is 1.18 bits per heavy atom. The number of rotatable bonds is 9. The highest BCUT2D eigenvalue weighted by atomic mass is 31.2. The Bertz CT molecular complexity index is 261. The minimum atomic E-state index is -3.12. The van der Waals surface area contributed by atoms with E-state index in [0.717, 1.165) is 0 Å². The van der Waals surface area contributed by atoms with E-state index in [1.165, 1.54) is 0 Å². The molecule has 2 N–H and O–H groups in total. The predicted octanol–water partition coefficient (Wildman–Crippen LogP) is 1.53. The number of esters is 1. The van der Waals surface area contributed by atoms with Gasteiger partial charge in [0.2, 0.25) is 0 Å². The van der Waals surface area contributed by atoms with Crippen LogP contribution in [-0.4, -0.2) is 38.0 Å². The first-order valence-electron chi connectivity index (χ1n) is 5.79. The van der Waals surface area contributed by atoms with Crippen LogP contribution in [0.4, 0.5) is 0 Å². The molecule has 0 radical (unpaired) electrons. The lowest BCUT2D eigenvalue weighted by atomic mass is 10.2. The minimum Gasteiger partial charge on any atom is -0.465 e. The Balaban J connectivity index is 4.21. The Kier molecular flexibility index (Phi) is 8.43. The standard InChI is InChI=1S/C10H22NO5P/c1-4-14-10(12)9(11)7-8-17(13,15-5-2)16-6-3/h9H,4-8,11H2,1-3H3. The number of hydrogen-bond acceptors (Lipinski definition) is 6. The lowest BCUT2D eigenvalue weighted by molar-refractivity contribution is -0.144. The van der Waals surface area contributed by atoms with E-state index in [1.54, 1.807) is 20.8 Å². The monoisotopic (exact) mass is 267 g/mol. The van der Waals surface area contributed by atoms with Crippen LogP contribution in [0.2, 0.25) is 0 Å². The van der Waals surface area contributed by atoms with Gasteiger partial charge in [-0.1, -0.05) is 0 Å². The van der Waals surface area contributed by atoms with Gasteiger partial charge in [-0.15, -0.1) is 0 Å². The van der Waals surface area contributed by atoms with E-state index in [1.807, 2.05) is 0 Å². The second-order valence-corrected chi connectivity index (χ2v) is 5.50. The van der Waals surface area contributed by atoms with E-state index >= 15 is 0 Å². The average molecular weight is 267 g/mol. The molecule has 0 fully saturated rings. The maximum atomic E-state index is 12.0. The zero-order valence-corrected chi connectivity index (χ0v) is 11.6. The fraction of sp³-hybridized carbons (Fsp3) is 0.900. The van der Waals surface area contributed by atoms with Crippen molar-refractivity contribution in [3.63, 3.8) is 0 Å². The zero-order valence-electron chi connectivity index (χ0n) is 10.7. The van der Waals surface area contributed by atoms with Gasteiger partial charge in [-0.05, 0) is 27.2 Å². The fourth-order valence-electron chi connectivity index (χ4n) is 1.22. The number of ether oxygens (including phenoxy) is 1. The van der Waals surface area contributed by atoms with Crippen LogP contribution in [0.3, 0.4) is 0 Å². The van der Waals surface area contributed by atoms with Gasteiger partial charge in [0.1, 0.15) is 6.04 Å². The molecule has 1 atom stereocenters. The molecule has 0 spiro atoms. The molecule has 0 bridgehead atoms. The lowest BCUT2D eigenvalue weighted by Gasteiger charge is -2.18. The van der Waals surface area contributed by atoms with E-state index < -0.39 is 19.6 Å². The van der Waals surface area contributed by atoms with Gasteiger partial charge in [-0.2, -0.15) is 0 Å². The number of hydrogen-bond donors (Lipinski definition) is 1. The number of carbonyl (C=O) groups is 1. The molecule has 0 aromatic heterocycles. The second-order valence-electron chi connectivity index (χ2n) is 3.32. The average Bonchev–Trinajstić information content (AvgIpc) is 2.27. The van der Waals surface area contributed by atoms with Crippen molar-refractivity contribution >= 4 is 13.6 Å². The van der Waals surface area contributed by atoms with Gasteiger partial charge in [0, 0.05) is 0 Å². The molecule has 6 nitrogen and oxygen atoms in total. The molecule has 0 saturated carbocycles. The van der Waals surface area contributed by atoms with Crippen LogP contribution in [0.25, 0.3) is 0 Å². The molecule has 0 amide bonds. The molecule has 1 unspecified atom stereocenters. The summed E-state index contributed by atoms with van der Waals surface area (Å²) in [5.41, 5.74) is 5.60. The molecule has 0 aliphatic heterocycles. The summed E-state index contributed by atoms with van der Waals surface area (Å²) >= 11 is 0. The summed E-state index contributed by atoms with van der Waals surface area (Å²) in [6.07, 6.45) is 0.338. The Labute approximate surface area is 102 Å². The van der Waals surface area contributed by atoms with E-state index in [2.05, 4.69) is 0 Å². The molecule has 0 aliphatic carbocycles. The molecule has 0 heterocycles.